The Balaban J connectivity index is 2.08. The van der Waals surface area contributed by atoms with Crippen LogP contribution in [0.25, 0.3) is 27.6 Å². The van der Waals surface area contributed by atoms with Crippen LogP contribution in [0.1, 0.15) is 0 Å². The first kappa shape index (κ1) is 9.29. The fourth-order valence-electron chi connectivity index (χ4n) is 2.04. The van der Waals surface area contributed by atoms with Gasteiger partial charge in [-0.3, -0.25) is 0 Å². The summed E-state index contributed by atoms with van der Waals surface area (Å²) in [5.74, 6) is 0.579. The van der Waals surface area contributed by atoms with Crippen LogP contribution in [0.15, 0.2) is 42.6 Å². The molecule has 0 spiro atoms. The van der Waals surface area contributed by atoms with Gasteiger partial charge in [-0.15, -0.1) is 20.1 Å². The quantitative estimate of drug-likeness (QED) is 0.546. The van der Waals surface area contributed by atoms with Crippen molar-refractivity contribution in [3.8, 4) is 5.82 Å². The largest absolute Gasteiger partial charge is 0.215 e. The molecule has 6 heteroatoms. The molecule has 0 fully saturated rings. The summed E-state index contributed by atoms with van der Waals surface area (Å²) in [6.07, 6.45) is 1.58. The van der Waals surface area contributed by atoms with Gasteiger partial charge in [0.1, 0.15) is 11.0 Å². The first-order valence-corrected chi connectivity index (χ1v) is 5.53. The number of aromatic amines is 1. The topological polar surface area (TPSA) is 72.3 Å². The van der Waals surface area contributed by atoms with Crippen LogP contribution in [-0.2, 0) is 0 Å². The molecule has 0 amide bonds. The molecule has 0 radical (unpaired) electrons. The van der Waals surface area contributed by atoms with E-state index in [2.05, 4.69) is 31.7 Å². The van der Waals surface area contributed by atoms with Crippen molar-refractivity contribution < 1.29 is 0 Å². The summed E-state index contributed by atoms with van der Waals surface area (Å²) in [5.41, 5.74) is 1.72. The molecule has 2 aromatic carbocycles. The Kier molecular flexibility index (Phi) is 1.74. The van der Waals surface area contributed by atoms with E-state index in [1.54, 1.807) is 6.20 Å². The van der Waals surface area contributed by atoms with E-state index in [0.29, 0.717) is 5.82 Å². The van der Waals surface area contributed by atoms with Crippen LogP contribution in [0.2, 0.25) is 0 Å². The first-order valence-electron chi connectivity index (χ1n) is 5.53. The van der Waals surface area contributed by atoms with Gasteiger partial charge in [-0.05, 0) is 11.5 Å². The monoisotopic (exact) mass is 236 g/mol. The lowest BCUT2D eigenvalue weighted by atomic mass is 10.1. The van der Waals surface area contributed by atoms with E-state index < -0.39 is 0 Å². The van der Waals surface area contributed by atoms with Gasteiger partial charge in [0.05, 0.1) is 6.20 Å². The van der Waals surface area contributed by atoms with Gasteiger partial charge >= 0.3 is 0 Å². The third-order valence-electron chi connectivity index (χ3n) is 2.88. The highest BCUT2D eigenvalue weighted by atomic mass is 15.5. The van der Waals surface area contributed by atoms with Gasteiger partial charge in [-0.1, -0.05) is 30.3 Å². The highest BCUT2D eigenvalue weighted by Crippen LogP contribution is 2.22. The van der Waals surface area contributed by atoms with Crippen molar-refractivity contribution in [3.05, 3.63) is 42.6 Å². The number of benzene rings is 2. The van der Waals surface area contributed by atoms with Crippen molar-refractivity contribution in [1.29, 1.82) is 0 Å². The fourth-order valence-corrected chi connectivity index (χ4v) is 2.04. The third kappa shape index (κ3) is 1.22. The van der Waals surface area contributed by atoms with E-state index in [1.807, 2.05) is 30.3 Å². The summed E-state index contributed by atoms with van der Waals surface area (Å²) in [6.45, 7) is 0. The Hall–Kier alpha value is -2.76. The second kappa shape index (κ2) is 3.36. The van der Waals surface area contributed by atoms with E-state index >= 15 is 0 Å². The molecule has 4 rings (SSSR count). The zero-order chi connectivity index (χ0) is 11.9. The predicted molar refractivity (Wildman–Crippen MR) is 66.3 cm³/mol. The van der Waals surface area contributed by atoms with Gasteiger partial charge in [0.2, 0.25) is 5.82 Å². The van der Waals surface area contributed by atoms with Crippen molar-refractivity contribution in [2.45, 2.75) is 0 Å². The average molecular weight is 236 g/mol. The lowest BCUT2D eigenvalue weighted by Gasteiger charge is -1.95. The molecule has 6 nitrogen and oxygen atoms in total. The molecule has 0 unspecified atom stereocenters. The van der Waals surface area contributed by atoms with Crippen LogP contribution in [-0.4, -0.2) is 30.4 Å². The number of hydrogen-bond acceptors (Lipinski definition) is 4. The second-order valence-corrected chi connectivity index (χ2v) is 3.97. The molecule has 18 heavy (non-hydrogen) atoms. The molecule has 4 aromatic rings. The minimum absolute atomic E-state index is 0.579. The van der Waals surface area contributed by atoms with E-state index in [9.17, 15) is 0 Å². The van der Waals surface area contributed by atoms with Crippen LogP contribution in [0, 0.1) is 0 Å². The number of rotatable bonds is 1. The van der Waals surface area contributed by atoms with E-state index in [0.717, 1.165) is 21.8 Å². The number of H-pyrrole nitrogens is 1. The maximum absolute atomic E-state index is 4.47. The molecule has 86 valence electrons. The molecule has 0 bridgehead atoms. The predicted octanol–water partition coefficient (Wildman–Crippen LogP) is 1.69. The molecule has 0 aliphatic heterocycles. The van der Waals surface area contributed by atoms with Gasteiger partial charge in [0, 0.05) is 5.39 Å². The summed E-state index contributed by atoms with van der Waals surface area (Å²) < 4.78 is 0. The number of fused-ring (bicyclic) bond motifs is 3. The van der Waals surface area contributed by atoms with Gasteiger partial charge in [0.15, 0.2) is 0 Å². The molecular formula is C12H8N6. The summed E-state index contributed by atoms with van der Waals surface area (Å²) in [7, 11) is 0. The minimum Gasteiger partial charge on any atom is -0.196 e. The molecule has 0 aliphatic rings. The maximum atomic E-state index is 4.47. The molecule has 2 aromatic heterocycles. The highest BCUT2D eigenvalue weighted by molar-refractivity contribution is 6.03. The Bertz CT molecular complexity index is 830. The van der Waals surface area contributed by atoms with E-state index in [-0.39, 0.29) is 0 Å². The lowest BCUT2D eigenvalue weighted by Crippen LogP contribution is -1.98. The summed E-state index contributed by atoms with van der Waals surface area (Å²) in [6, 6.07) is 12.1. The normalized spacial score (nSPS) is 11.3. The maximum Gasteiger partial charge on any atom is 0.215 e. The van der Waals surface area contributed by atoms with Crippen molar-refractivity contribution in [3.63, 3.8) is 0 Å². The smallest absolute Gasteiger partial charge is 0.196 e. The number of nitrogens with one attached hydrogen (secondary N) is 1. The van der Waals surface area contributed by atoms with Crippen molar-refractivity contribution in [2.24, 2.45) is 0 Å². The van der Waals surface area contributed by atoms with Gasteiger partial charge in [-0.2, -0.15) is 10.3 Å². The van der Waals surface area contributed by atoms with E-state index in [4.69, 9.17) is 0 Å². The molecule has 1 N–H and O–H groups in total. The molecule has 2 heterocycles. The molecule has 0 atom stereocenters. The van der Waals surface area contributed by atoms with Crippen molar-refractivity contribution >= 4 is 21.8 Å². The molecule has 0 saturated heterocycles. The van der Waals surface area contributed by atoms with Crippen LogP contribution in [0.4, 0.5) is 0 Å². The standard InChI is InChI=1S/C12H8N6/c1-2-4-9-8(3-1)5-6-10-12(9)16-18(15-10)11-7-13-17-14-11/h1-7H,(H,13,14,17). The first-order chi connectivity index (χ1) is 8.92. The zero-order valence-electron chi connectivity index (χ0n) is 9.28. The number of hydrogen-bond donors (Lipinski definition) is 1. The Morgan fingerprint density at radius 2 is 1.94 bits per heavy atom. The highest BCUT2D eigenvalue weighted by Gasteiger charge is 2.09. The van der Waals surface area contributed by atoms with Gasteiger partial charge < -0.3 is 0 Å². The molecule has 0 aliphatic carbocycles. The SMILES string of the molecule is c1ccc2c(c1)ccc1nn(-c3cn[nH]n3)nc12. The zero-order valence-corrected chi connectivity index (χ0v) is 9.28. The van der Waals surface area contributed by atoms with Crippen LogP contribution < -0.4 is 0 Å². The summed E-state index contributed by atoms with van der Waals surface area (Å²) >= 11 is 0. The van der Waals surface area contributed by atoms with Crippen molar-refractivity contribution in [2.75, 3.05) is 0 Å². The Morgan fingerprint density at radius 3 is 2.83 bits per heavy atom. The fraction of sp³-hybridized carbons (Fsp3) is 0. The third-order valence-corrected chi connectivity index (χ3v) is 2.88. The van der Waals surface area contributed by atoms with Crippen LogP contribution >= 0.6 is 0 Å². The minimum atomic E-state index is 0.579. The van der Waals surface area contributed by atoms with Gasteiger partial charge in [-0.25, -0.2) is 0 Å². The molecule has 0 saturated carbocycles. The lowest BCUT2D eigenvalue weighted by molar-refractivity contribution is 0.736. The number of nitrogens with zero attached hydrogens (tertiary/aromatic N) is 5. The Morgan fingerprint density at radius 1 is 1.00 bits per heavy atom. The number of aromatic nitrogens is 6. The van der Waals surface area contributed by atoms with Crippen LogP contribution in [0.5, 0.6) is 0 Å². The molecular weight excluding hydrogens is 228 g/mol. The van der Waals surface area contributed by atoms with Crippen LogP contribution in [0.3, 0.4) is 0 Å². The van der Waals surface area contributed by atoms with Crippen molar-refractivity contribution in [1.82, 2.24) is 30.4 Å². The Labute approximate surface area is 101 Å². The van der Waals surface area contributed by atoms with E-state index in [1.165, 1.54) is 4.80 Å². The second-order valence-electron chi connectivity index (χ2n) is 3.97. The summed E-state index contributed by atoms with van der Waals surface area (Å²) in [5, 5.41) is 21.4. The summed E-state index contributed by atoms with van der Waals surface area (Å²) in [4.78, 5) is 1.49. The average Bonchev–Trinajstić information content (AvgIpc) is 3.07. The van der Waals surface area contributed by atoms with Gasteiger partial charge in [0.25, 0.3) is 0 Å².